The van der Waals surface area contributed by atoms with E-state index in [1.807, 2.05) is 13.8 Å². The zero-order valence-electron chi connectivity index (χ0n) is 17.9. The number of hydrogen-bond donors (Lipinski definition) is 2. The van der Waals surface area contributed by atoms with Crippen LogP contribution in [0.15, 0.2) is 63.5 Å². The largest absolute Gasteiger partial charge is 0.325 e. The van der Waals surface area contributed by atoms with Crippen molar-refractivity contribution in [2.75, 3.05) is 11.1 Å². The molecule has 1 amide bonds. The van der Waals surface area contributed by atoms with E-state index in [-0.39, 0.29) is 27.2 Å². The molecule has 0 radical (unpaired) electrons. The van der Waals surface area contributed by atoms with Crippen LogP contribution in [-0.2, 0) is 37.0 Å². The van der Waals surface area contributed by atoms with Crippen LogP contribution in [-0.4, -0.2) is 43.3 Å². The Morgan fingerprint density at radius 1 is 1.00 bits per heavy atom. The fourth-order valence-electron chi connectivity index (χ4n) is 2.90. The summed E-state index contributed by atoms with van der Waals surface area (Å²) in [5.74, 6) is -0.359. The van der Waals surface area contributed by atoms with Crippen LogP contribution in [0.5, 0.6) is 0 Å². The molecule has 3 rings (SSSR count). The molecule has 1 heterocycles. The maximum atomic E-state index is 12.7. The lowest BCUT2D eigenvalue weighted by atomic mass is 10.2. The molecule has 0 fully saturated rings. The van der Waals surface area contributed by atoms with Gasteiger partial charge in [-0.25, -0.2) is 22.0 Å². The zero-order chi connectivity index (χ0) is 24.2. The van der Waals surface area contributed by atoms with E-state index >= 15 is 0 Å². The van der Waals surface area contributed by atoms with Gasteiger partial charge in [-0.3, -0.25) is 4.79 Å². The molecule has 13 heteroatoms. The molecule has 0 aliphatic carbocycles. The van der Waals surface area contributed by atoms with Crippen LogP contribution in [0.1, 0.15) is 18.3 Å². The molecule has 33 heavy (non-hydrogen) atoms. The molecule has 1 aromatic heterocycles. The molecular weight excluding hydrogens is 486 g/mol. The van der Waals surface area contributed by atoms with E-state index in [4.69, 9.17) is 5.14 Å². The summed E-state index contributed by atoms with van der Waals surface area (Å²) in [6.45, 7) is 4.15. The van der Waals surface area contributed by atoms with Gasteiger partial charge < -0.3 is 9.88 Å². The molecule has 0 bridgehead atoms. The summed E-state index contributed by atoms with van der Waals surface area (Å²) >= 11 is 1.12. The van der Waals surface area contributed by atoms with Crippen molar-refractivity contribution in [3.05, 3.63) is 59.9 Å². The van der Waals surface area contributed by atoms with Crippen molar-refractivity contribution >= 4 is 43.2 Å². The Balaban J connectivity index is 1.65. The predicted molar refractivity (Wildman–Crippen MR) is 125 cm³/mol. The van der Waals surface area contributed by atoms with E-state index in [0.29, 0.717) is 23.2 Å². The van der Waals surface area contributed by atoms with Crippen molar-refractivity contribution in [1.82, 2.24) is 14.8 Å². The first-order chi connectivity index (χ1) is 15.5. The van der Waals surface area contributed by atoms with Gasteiger partial charge in [-0.1, -0.05) is 29.5 Å². The van der Waals surface area contributed by atoms with Gasteiger partial charge in [0.05, 0.1) is 15.5 Å². The van der Waals surface area contributed by atoms with E-state index in [0.717, 1.165) is 17.3 Å². The van der Waals surface area contributed by atoms with Gasteiger partial charge in [-0.15, -0.1) is 10.2 Å². The molecule has 3 aromatic rings. The van der Waals surface area contributed by atoms with Crippen LogP contribution in [0.2, 0.25) is 0 Å². The van der Waals surface area contributed by atoms with E-state index in [1.54, 1.807) is 28.8 Å². The van der Waals surface area contributed by atoms with Gasteiger partial charge in [0.15, 0.2) is 15.0 Å². The maximum absolute atomic E-state index is 12.7. The van der Waals surface area contributed by atoms with Gasteiger partial charge in [0.2, 0.25) is 15.9 Å². The Bertz CT molecular complexity index is 1350. The lowest BCUT2D eigenvalue weighted by molar-refractivity contribution is -0.113. The van der Waals surface area contributed by atoms with Gasteiger partial charge >= 0.3 is 0 Å². The number of primary sulfonamides is 1. The molecule has 0 saturated heterocycles. The number of thioether (sulfide) groups is 1. The molecule has 0 aliphatic heterocycles. The van der Waals surface area contributed by atoms with Crippen molar-refractivity contribution in [1.29, 1.82) is 0 Å². The number of nitrogens with one attached hydrogen (secondary N) is 1. The summed E-state index contributed by atoms with van der Waals surface area (Å²) < 4.78 is 49.8. The first kappa shape index (κ1) is 24.9. The second-order valence-corrected chi connectivity index (χ2v) is 11.6. The van der Waals surface area contributed by atoms with Crippen molar-refractivity contribution in [2.24, 2.45) is 5.14 Å². The highest BCUT2D eigenvalue weighted by Gasteiger charge is 2.21. The number of anilines is 1. The number of aryl methyl sites for hydroxylation is 1. The number of rotatable bonds is 9. The fourth-order valence-corrected chi connectivity index (χ4v) is 5.51. The summed E-state index contributed by atoms with van der Waals surface area (Å²) in [4.78, 5) is 12.4. The van der Waals surface area contributed by atoms with E-state index in [9.17, 15) is 21.6 Å². The number of aromatic nitrogens is 3. The van der Waals surface area contributed by atoms with E-state index in [2.05, 4.69) is 15.5 Å². The van der Waals surface area contributed by atoms with Crippen LogP contribution < -0.4 is 10.5 Å². The summed E-state index contributed by atoms with van der Waals surface area (Å²) in [5, 5.41) is 16.2. The Morgan fingerprint density at radius 3 is 2.18 bits per heavy atom. The lowest BCUT2D eigenvalue weighted by Gasteiger charge is -2.09. The molecule has 10 nitrogen and oxygen atoms in total. The second-order valence-electron chi connectivity index (χ2n) is 7.12. The average molecular weight is 510 g/mol. The van der Waals surface area contributed by atoms with Crippen LogP contribution in [0, 0.1) is 6.92 Å². The number of sulfone groups is 1. The highest BCUT2D eigenvalue weighted by atomic mass is 32.2. The van der Waals surface area contributed by atoms with Gasteiger partial charge in [0.1, 0.15) is 11.6 Å². The van der Waals surface area contributed by atoms with Gasteiger partial charge in [-0.2, -0.15) is 0 Å². The Labute approximate surface area is 196 Å². The number of carbonyl (C=O) groups is 1. The third kappa shape index (κ3) is 6.41. The lowest BCUT2D eigenvalue weighted by Crippen LogP contribution is -2.16. The molecule has 2 aromatic carbocycles. The Kier molecular flexibility index (Phi) is 7.57. The number of sulfonamides is 1. The summed E-state index contributed by atoms with van der Waals surface area (Å²) in [6.07, 6.45) is 0. The number of hydrogen-bond acceptors (Lipinski definition) is 8. The van der Waals surface area contributed by atoms with Gasteiger partial charge in [0, 0.05) is 12.2 Å². The molecule has 0 saturated carbocycles. The third-order valence-corrected chi connectivity index (χ3v) is 8.13. The van der Waals surface area contributed by atoms with Crippen molar-refractivity contribution in [2.45, 2.75) is 41.1 Å². The molecular formula is C20H23N5O5S3. The third-order valence-electron chi connectivity index (χ3n) is 4.61. The standard InChI is InChI=1S/C20H23N5O5S3/c1-3-25-18(13-32(27,28)16-8-4-14(2)5-9-16)23-24-20(25)31-12-19(26)22-15-6-10-17(11-7-15)33(21,29)30/h4-11H,3,12-13H2,1-2H3,(H,22,26)(H2,21,29,30). The Morgan fingerprint density at radius 2 is 1.61 bits per heavy atom. The topological polar surface area (TPSA) is 154 Å². The average Bonchev–Trinajstić information content (AvgIpc) is 3.13. The molecule has 0 spiro atoms. The smallest absolute Gasteiger partial charge is 0.238 e. The van der Waals surface area contributed by atoms with Crippen LogP contribution >= 0.6 is 11.8 Å². The van der Waals surface area contributed by atoms with Crippen molar-refractivity contribution in [3.63, 3.8) is 0 Å². The zero-order valence-corrected chi connectivity index (χ0v) is 20.4. The van der Waals surface area contributed by atoms with E-state index < -0.39 is 19.9 Å². The van der Waals surface area contributed by atoms with Gasteiger partial charge in [-0.05, 0) is 50.2 Å². The number of benzene rings is 2. The van der Waals surface area contributed by atoms with Crippen molar-refractivity contribution < 1.29 is 21.6 Å². The fraction of sp³-hybridized carbons (Fsp3) is 0.250. The minimum Gasteiger partial charge on any atom is -0.325 e. The second kappa shape index (κ2) is 10.0. The molecule has 3 N–H and O–H groups in total. The van der Waals surface area contributed by atoms with Gasteiger partial charge in [0.25, 0.3) is 0 Å². The van der Waals surface area contributed by atoms with E-state index in [1.165, 1.54) is 24.3 Å². The molecule has 0 atom stereocenters. The summed E-state index contributed by atoms with van der Waals surface area (Å²) in [5.41, 5.74) is 1.37. The maximum Gasteiger partial charge on any atom is 0.238 e. The molecule has 0 unspecified atom stereocenters. The SMILES string of the molecule is CCn1c(CS(=O)(=O)c2ccc(C)cc2)nnc1SCC(=O)Nc1ccc(S(N)(=O)=O)cc1. The quantitative estimate of drug-likeness (QED) is 0.415. The first-order valence-electron chi connectivity index (χ1n) is 9.76. The monoisotopic (exact) mass is 509 g/mol. The Hall–Kier alpha value is -2.74. The van der Waals surface area contributed by atoms with Crippen LogP contribution in [0.3, 0.4) is 0 Å². The molecule has 0 aliphatic rings. The van der Waals surface area contributed by atoms with Crippen molar-refractivity contribution in [3.8, 4) is 0 Å². The van der Waals surface area contributed by atoms with Crippen LogP contribution in [0.4, 0.5) is 5.69 Å². The minimum atomic E-state index is -3.81. The minimum absolute atomic E-state index is 0.000214. The normalized spacial score (nSPS) is 12.0. The number of nitrogens with two attached hydrogens (primary N) is 1. The number of carbonyl (C=O) groups excluding carboxylic acids is 1. The summed E-state index contributed by atoms with van der Waals surface area (Å²) in [6, 6.07) is 12.1. The van der Waals surface area contributed by atoms with Crippen LogP contribution in [0.25, 0.3) is 0 Å². The number of nitrogens with zero attached hydrogens (tertiary/aromatic N) is 3. The number of amides is 1. The summed E-state index contributed by atoms with van der Waals surface area (Å²) in [7, 11) is -7.41. The first-order valence-corrected chi connectivity index (χ1v) is 13.9. The molecule has 176 valence electrons. The highest BCUT2D eigenvalue weighted by Crippen LogP contribution is 2.22. The predicted octanol–water partition coefficient (Wildman–Crippen LogP) is 1.96. The highest BCUT2D eigenvalue weighted by molar-refractivity contribution is 7.99.